The van der Waals surface area contributed by atoms with Gasteiger partial charge in [-0.3, -0.25) is 0 Å². The zero-order chi connectivity index (χ0) is 16.0. The van der Waals surface area contributed by atoms with Crippen molar-refractivity contribution in [2.45, 2.75) is 20.0 Å². The Balaban J connectivity index is 2.70. The summed E-state index contributed by atoms with van der Waals surface area (Å²) in [5, 5.41) is 14.0. The van der Waals surface area contributed by atoms with Crippen molar-refractivity contribution in [3.63, 3.8) is 0 Å². The largest absolute Gasteiger partial charge is 0.478 e. The first-order chi connectivity index (χ1) is 9.85. The molecular weight excluding hydrogens is 319 g/mol. The molecule has 0 aliphatic carbocycles. The number of carbonyl (C=O) groups excluding carboxylic acids is 1. The zero-order valence-corrected chi connectivity index (χ0v) is 13.1. The van der Waals surface area contributed by atoms with Crippen LogP contribution < -0.4 is 10.6 Å². The van der Waals surface area contributed by atoms with Gasteiger partial charge in [0.25, 0.3) is 0 Å². The Hall–Kier alpha value is -1.50. The third kappa shape index (κ3) is 5.41. The number of carboxylic acids is 1. The zero-order valence-electron chi connectivity index (χ0n) is 11.6. The van der Waals surface area contributed by atoms with Crippen LogP contribution in [0.25, 0.3) is 0 Å². The van der Waals surface area contributed by atoms with E-state index in [1.54, 1.807) is 0 Å². The highest BCUT2D eigenvalue weighted by Crippen LogP contribution is 2.31. The number of rotatable bonds is 6. The number of carbonyl (C=O) groups is 2. The first kappa shape index (κ1) is 17.6. The molecule has 0 fully saturated rings. The molecule has 0 heterocycles. The minimum absolute atomic E-state index is 0.0490. The van der Waals surface area contributed by atoms with Crippen molar-refractivity contribution in [2.75, 3.05) is 18.5 Å². The lowest BCUT2D eigenvalue weighted by Crippen LogP contribution is -2.35. The number of urea groups is 1. The van der Waals surface area contributed by atoms with Crippen LogP contribution in [0.1, 0.15) is 24.2 Å². The van der Waals surface area contributed by atoms with Gasteiger partial charge in [-0.25, -0.2) is 9.59 Å². The van der Waals surface area contributed by atoms with Crippen molar-refractivity contribution in [3.8, 4) is 0 Å². The van der Waals surface area contributed by atoms with Gasteiger partial charge in [-0.1, -0.05) is 23.2 Å². The first-order valence-corrected chi connectivity index (χ1v) is 6.99. The molecule has 0 aliphatic rings. The third-order valence-electron chi connectivity index (χ3n) is 2.53. The van der Waals surface area contributed by atoms with Gasteiger partial charge < -0.3 is 20.5 Å². The van der Waals surface area contributed by atoms with Crippen molar-refractivity contribution in [3.05, 3.63) is 27.7 Å². The monoisotopic (exact) mass is 334 g/mol. The lowest BCUT2D eigenvalue weighted by Gasteiger charge is -2.14. The summed E-state index contributed by atoms with van der Waals surface area (Å²) in [7, 11) is 0. The number of nitrogens with one attached hydrogen (secondary N) is 2. The van der Waals surface area contributed by atoms with Gasteiger partial charge in [0.05, 0.1) is 27.4 Å². The molecule has 0 saturated carbocycles. The van der Waals surface area contributed by atoms with Crippen LogP contribution in [0, 0.1) is 0 Å². The summed E-state index contributed by atoms with van der Waals surface area (Å²) in [6.45, 7) is 4.56. The molecule has 1 rings (SSSR count). The van der Waals surface area contributed by atoms with Crippen LogP contribution in [0.3, 0.4) is 0 Å². The molecule has 1 atom stereocenters. The highest BCUT2D eigenvalue weighted by molar-refractivity contribution is 6.40. The molecule has 21 heavy (non-hydrogen) atoms. The van der Waals surface area contributed by atoms with Crippen molar-refractivity contribution >= 4 is 40.9 Å². The number of benzene rings is 1. The molecule has 1 unspecified atom stereocenters. The van der Waals surface area contributed by atoms with Crippen molar-refractivity contribution in [2.24, 2.45) is 0 Å². The molecular formula is C13H16Cl2N2O4. The minimum atomic E-state index is -1.15. The lowest BCUT2D eigenvalue weighted by molar-refractivity contribution is 0.0696. The summed E-state index contributed by atoms with van der Waals surface area (Å²) < 4.78 is 5.27. The van der Waals surface area contributed by atoms with Crippen molar-refractivity contribution in [1.82, 2.24) is 5.32 Å². The molecule has 0 spiro atoms. The number of hydrogen-bond donors (Lipinski definition) is 3. The number of halogens is 2. The van der Waals surface area contributed by atoms with Gasteiger partial charge in [0.1, 0.15) is 0 Å². The Morgan fingerprint density at radius 1 is 1.33 bits per heavy atom. The summed E-state index contributed by atoms with van der Waals surface area (Å²) in [5.41, 5.74) is 0.103. The SMILES string of the molecule is CCOC(C)CNC(=O)Nc1c(Cl)cc(C(=O)O)cc1Cl. The van der Waals surface area contributed by atoms with E-state index in [1.807, 2.05) is 13.8 Å². The van der Waals surface area contributed by atoms with Crippen LogP contribution in [0.2, 0.25) is 10.0 Å². The van der Waals surface area contributed by atoms with Gasteiger partial charge >= 0.3 is 12.0 Å². The molecule has 0 saturated heterocycles. The van der Waals surface area contributed by atoms with E-state index in [0.717, 1.165) is 0 Å². The van der Waals surface area contributed by atoms with Crippen molar-refractivity contribution in [1.29, 1.82) is 0 Å². The van der Waals surface area contributed by atoms with Gasteiger partial charge in [-0.2, -0.15) is 0 Å². The van der Waals surface area contributed by atoms with Crippen LogP contribution in [-0.2, 0) is 4.74 Å². The fourth-order valence-electron chi connectivity index (χ4n) is 1.55. The fourth-order valence-corrected chi connectivity index (χ4v) is 2.14. The molecule has 116 valence electrons. The minimum Gasteiger partial charge on any atom is -0.478 e. The molecule has 0 radical (unpaired) electrons. The molecule has 0 bridgehead atoms. The van der Waals surface area contributed by atoms with E-state index < -0.39 is 12.0 Å². The van der Waals surface area contributed by atoms with Crippen LogP contribution in [-0.4, -0.2) is 36.4 Å². The average molecular weight is 335 g/mol. The van der Waals surface area contributed by atoms with E-state index in [9.17, 15) is 9.59 Å². The van der Waals surface area contributed by atoms with E-state index in [4.69, 9.17) is 33.0 Å². The average Bonchev–Trinajstić information content (AvgIpc) is 2.40. The highest BCUT2D eigenvalue weighted by atomic mass is 35.5. The van der Waals surface area contributed by atoms with Gasteiger partial charge in [0.15, 0.2) is 0 Å². The number of hydrogen-bond acceptors (Lipinski definition) is 3. The van der Waals surface area contributed by atoms with Crippen LogP contribution >= 0.6 is 23.2 Å². The van der Waals surface area contributed by atoms with Gasteiger partial charge in [0, 0.05) is 13.2 Å². The van der Waals surface area contributed by atoms with Crippen molar-refractivity contribution < 1.29 is 19.4 Å². The Morgan fingerprint density at radius 2 is 1.90 bits per heavy atom. The first-order valence-electron chi connectivity index (χ1n) is 6.24. The summed E-state index contributed by atoms with van der Waals surface area (Å²) in [4.78, 5) is 22.6. The van der Waals surface area contributed by atoms with Gasteiger partial charge in [-0.15, -0.1) is 0 Å². The van der Waals surface area contributed by atoms with Crippen LogP contribution in [0.5, 0.6) is 0 Å². The van der Waals surface area contributed by atoms with E-state index in [-0.39, 0.29) is 27.4 Å². The molecule has 1 aromatic carbocycles. The number of ether oxygens (including phenoxy) is 1. The molecule has 2 amide bonds. The molecule has 1 aromatic rings. The maximum absolute atomic E-state index is 11.7. The third-order valence-corrected chi connectivity index (χ3v) is 3.13. The summed E-state index contributed by atoms with van der Waals surface area (Å²) in [6.07, 6.45) is -0.124. The second-order valence-electron chi connectivity index (χ2n) is 4.22. The second kappa shape index (κ2) is 8.07. The highest BCUT2D eigenvalue weighted by Gasteiger charge is 2.14. The summed E-state index contributed by atoms with van der Waals surface area (Å²) in [5.74, 6) is -1.15. The standard InChI is InChI=1S/C13H16Cl2N2O4/c1-3-21-7(2)6-16-13(20)17-11-9(14)4-8(12(18)19)5-10(11)15/h4-5,7H,3,6H2,1-2H3,(H,18,19)(H2,16,17,20). The number of anilines is 1. The lowest BCUT2D eigenvalue weighted by atomic mass is 10.2. The quantitative estimate of drug-likeness (QED) is 0.745. The molecule has 6 nitrogen and oxygen atoms in total. The van der Waals surface area contributed by atoms with Gasteiger partial charge in [0.2, 0.25) is 0 Å². The smallest absolute Gasteiger partial charge is 0.335 e. The van der Waals surface area contributed by atoms with Gasteiger partial charge in [-0.05, 0) is 26.0 Å². The maximum Gasteiger partial charge on any atom is 0.335 e. The second-order valence-corrected chi connectivity index (χ2v) is 5.04. The van der Waals surface area contributed by atoms with E-state index in [0.29, 0.717) is 13.2 Å². The molecule has 8 heteroatoms. The predicted octanol–water partition coefficient (Wildman–Crippen LogP) is 3.24. The normalized spacial score (nSPS) is 11.8. The topological polar surface area (TPSA) is 87.7 Å². The van der Waals surface area contributed by atoms with E-state index in [2.05, 4.69) is 10.6 Å². The Labute approximate surface area is 132 Å². The van der Waals surface area contributed by atoms with Crippen LogP contribution in [0.4, 0.5) is 10.5 Å². The summed E-state index contributed by atoms with van der Waals surface area (Å²) in [6, 6.07) is 1.93. The number of aromatic carboxylic acids is 1. The molecule has 0 aromatic heterocycles. The molecule has 0 aliphatic heterocycles. The Kier molecular flexibility index (Phi) is 6.74. The number of carboxylic acid groups (broad SMARTS) is 1. The maximum atomic E-state index is 11.7. The molecule has 3 N–H and O–H groups in total. The van der Waals surface area contributed by atoms with E-state index >= 15 is 0 Å². The summed E-state index contributed by atoms with van der Waals surface area (Å²) >= 11 is 11.8. The van der Waals surface area contributed by atoms with Crippen LogP contribution in [0.15, 0.2) is 12.1 Å². The number of amides is 2. The Morgan fingerprint density at radius 3 is 2.38 bits per heavy atom. The predicted molar refractivity (Wildman–Crippen MR) is 81.5 cm³/mol. The Bertz CT molecular complexity index is 514. The fraction of sp³-hybridized carbons (Fsp3) is 0.385. The van der Waals surface area contributed by atoms with E-state index in [1.165, 1.54) is 12.1 Å².